The lowest BCUT2D eigenvalue weighted by Gasteiger charge is -2.10. The molecular weight excluding hydrogens is 206 g/mol. The Bertz CT molecular complexity index is 427. The first kappa shape index (κ1) is 10.6. The van der Waals surface area contributed by atoms with Gasteiger partial charge in [-0.05, 0) is 23.2 Å². The molecule has 1 heterocycles. The molecule has 0 saturated carbocycles. The zero-order valence-electron chi connectivity index (χ0n) is 9.09. The lowest BCUT2D eigenvalue weighted by atomic mass is 10.1. The number of benzene rings is 1. The summed E-state index contributed by atoms with van der Waals surface area (Å²) >= 11 is 0. The molecule has 1 atom stereocenters. The highest BCUT2D eigenvalue weighted by molar-refractivity contribution is 5.44. The van der Waals surface area contributed by atoms with E-state index in [9.17, 15) is 0 Å². The topological polar surface area (TPSA) is 67.2 Å². The van der Waals surface area contributed by atoms with E-state index in [1.807, 2.05) is 25.1 Å². The summed E-state index contributed by atoms with van der Waals surface area (Å²) in [5.74, 6) is 1.49. The lowest BCUT2D eigenvalue weighted by Crippen LogP contribution is -1.97. The molecule has 1 aliphatic heterocycles. The third kappa shape index (κ3) is 2.20. The van der Waals surface area contributed by atoms with Gasteiger partial charge in [0.25, 0.3) is 0 Å². The summed E-state index contributed by atoms with van der Waals surface area (Å²) in [6, 6.07) is 5.44. The van der Waals surface area contributed by atoms with Crippen molar-refractivity contribution in [2.45, 2.75) is 19.4 Å². The molecule has 0 N–H and O–H groups in total. The number of azide groups is 1. The molecule has 0 aliphatic carbocycles. The Morgan fingerprint density at radius 3 is 2.81 bits per heavy atom. The highest BCUT2D eigenvalue weighted by Crippen LogP contribution is 2.32. The minimum Gasteiger partial charge on any atom is -0.490 e. The van der Waals surface area contributed by atoms with Crippen LogP contribution < -0.4 is 9.47 Å². The van der Waals surface area contributed by atoms with Crippen molar-refractivity contribution in [2.24, 2.45) is 5.11 Å². The molecule has 0 fully saturated rings. The molecule has 0 amide bonds. The summed E-state index contributed by atoms with van der Waals surface area (Å²) in [7, 11) is 0. The number of hydrogen-bond acceptors (Lipinski definition) is 3. The molecule has 0 aromatic heterocycles. The quantitative estimate of drug-likeness (QED) is 0.435. The Kier molecular flexibility index (Phi) is 3.17. The number of ether oxygens (including phenoxy) is 2. The first-order valence-electron chi connectivity index (χ1n) is 5.25. The van der Waals surface area contributed by atoms with Crippen molar-refractivity contribution < 1.29 is 9.47 Å². The van der Waals surface area contributed by atoms with Crippen LogP contribution in [0.5, 0.6) is 11.5 Å². The number of hydrogen-bond donors (Lipinski definition) is 0. The zero-order valence-corrected chi connectivity index (χ0v) is 9.09. The van der Waals surface area contributed by atoms with Gasteiger partial charge in [0.15, 0.2) is 11.5 Å². The molecule has 2 rings (SSSR count). The van der Waals surface area contributed by atoms with E-state index in [0.29, 0.717) is 13.2 Å². The molecule has 5 heteroatoms. The maximum Gasteiger partial charge on any atom is 0.161 e. The Morgan fingerprint density at radius 1 is 1.31 bits per heavy atom. The minimum atomic E-state index is -0.192. The van der Waals surface area contributed by atoms with Crippen LogP contribution in [0.1, 0.15) is 24.9 Å². The van der Waals surface area contributed by atoms with Crippen molar-refractivity contribution in [3.05, 3.63) is 34.2 Å². The van der Waals surface area contributed by atoms with Gasteiger partial charge in [0.1, 0.15) is 0 Å². The summed E-state index contributed by atoms with van der Waals surface area (Å²) in [6.45, 7) is 3.18. The van der Waals surface area contributed by atoms with Gasteiger partial charge in [-0.2, -0.15) is 0 Å². The molecule has 0 bridgehead atoms. The van der Waals surface area contributed by atoms with Gasteiger partial charge < -0.3 is 9.47 Å². The van der Waals surface area contributed by atoms with E-state index in [-0.39, 0.29) is 6.04 Å². The van der Waals surface area contributed by atoms with Crippen LogP contribution in [0.15, 0.2) is 23.3 Å². The van der Waals surface area contributed by atoms with Gasteiger partial charge in [0.2, 0.25) is 0 Å². The van der Waals surface area contributed by atoms with Crippen LogP contribution in [0.2, 0.25) is 0 Å². The predicted molar refractivity (Wildman–Crippen MR) is 59.6 cm³/mol. The van der Waals surface area contributed by atoms with Gasteiger partial charge >= 0.3 is 0 Å². The standard InChI is InChI=1S/C11H13N3O2/c1-8(13-14-12)9-3-4-10-11(7-9)16-6-2-5-15-10/h3-4,7-8H,2,5-6H2,1H3/t8-/m0/s1. The summed E-state index contributed by atoms with van der Waals surface area (Å²) in [5, 5.41) is 3.65. The second-order valence-electron chi connectivity index (χ2n) is 3.64. The van der Waals surface area contributed by atoms with E-state index in [4.69, 9.17) is 15.0 Å². The molecular formula is C11H13N3O2. The van der Waals surface area contributed by atoms with Crippen molar-refractivity contribution in [1.29, 1.82) is 0 Å². The van der Waals surface area contributed by atoms with Gasteiger partial charge in [-0.25, -0.2) is 0 Å². The van der Waals surface area contributed by atoms with Gasteiger partial charge in [0, 0.05) is 11.3 Å². The van der Waals surface area contributed by atoms with Gasteiger partial charge in [-0.15, -0.1) is 0 Å². The van der Waals surface area contributed by atoms with Crippen LogP contribution in [-0.4, -0.2) is 13.2 Å². The van der Waals surface area contributed by atoms with Gasteiger partial charge in [0.05, 0.1) is 19.3 Å². The second kappa shape index (κ2) is 4.77. The molecule has 1 aromatic rings. The zero-order chi connectivity index (χ0) is 11.4. The Labute approximate surface area is 93.6 Å². The Morgan fingerprint density at radius 2 is 2.06 bits per heavy atom. The largest absolute Gasteiger partial charge is 0.490 e. The molecule has 1 aliphatic rings. The van der Waals surface area contributed by atoms with E-state index >= 15 is 0 Å². The number of nitrogens with zero attached hydrogens (tertiary/aromatic N) is 3. The summed E-state index contributed by atoms with van der Waals surface area (Å²) < 4.78 is 11.1. The molecule has 0 radical (unpaired) electrons. The van der Waals surface area contributed by atoms with Crippen molar-refractivity contribution in [2.75, 3.05) is 13.2 Å². The maximum atomic E-state index is 8.38. The SMILES string of the molecule is C[C@H](N=[N+]=[N-])c1ccc2c(c1)OCCCO2. The van der Waals surface area contributed by atoms with Gasteiger partial charge in [-0.3, -0.25) is 0 Å². The number of fused-ring (bicyclic) bond motifs is 1. The van der Waals surface area contributed by atoms with Crippen molar-refractivity contribution in [1.82, 2.24) is 0 Å². The minimum absolute atomic E-state index is 0.192. The summed E-state index contributed by atoms with van der Waals surface area (Å²) in [4.78, 5) is 2.80. The fourth-order valence-electron chi connectivity index (χ4n) is 1.58. The highest BCUT2D eigenvalue weighted by Gasteiger charge is 2.12. The van der Waals surface area contributed by atoms with Crippen LogP contribution in [0, 0.1) is 0 Å². The first-order chi connectivity index (χ1) is 7.81. The Balaban J connectivity index is 2.30. The third-order valence-electron chi connectivity index (χ3n) is 2.48. The molecule has 0 spiro atoms. The number of rotatable bonds is 2. The van der Waals surface area contributed by atoms with E-state index in [2.05, 4.69) is 10.0 Å². The fraction of sp³-hybridized carbons (Fsp3) is 0.455. The third-order valence-corrected chi connectivity index (χ3v) is 2.48. The van der Waals surface area contributed by atoms with E-state index < -0.39 is 0 Å². The predicted octanol–water partition coefficient (Wildman–Crippen LogP) is 3.22. The maximum absolute atomic E-state index is 8.38. The molecule has 16 heavy (non-hydrogen) atoms. The van der Waals surface area contributed by atoms with Crippen molar-refractivity contribution >= 4 is 0 Å². The van der Waals surface area contributed by atoms with Crippen LogP contribution >= 0.6 is 0 Å². The summed E-state index contributed by atoms with van der Waals surface area (Å²) in [5.41, 5.74) is 9.32. The van der Waals surface area contributed by atoms with E-state index in [1.54, 1.807) is 0 Å². The smallest absolute Gasteiger partial charge is 0.161 e. The van der Waals surface area contributed by atoms with Crippen LogP contribution in [-0.2, 0) is 0 Å². The summed E-state index contributed by atoms with van der Waals surface area (Å²) in [6.07, 6.45) is 0.885. The van der Waals surface area contributed by atoms with E-state index in [1.165, 1.54) is 0 Å². The molecule has 5 nitrogen and oxygen atoms in total. The van der Waals surface area contributed by atoms with Crippen LogP contribution in [0.25, 0.3) is 10.4 Å². The Hall–Kier alpha value is -1.87. The fourth-order valence-corrected chi connectivity index (χ4v) is 1.58. The average Bonchev–Trinajstić information content (AvgIpc) is 2.53. The van der Waals surface area contributed by atoms with Crippen LogP contribution in [0.4, 0.5) is 0 Å². The normalized spacial score (nSPS) is 15.8. The monoisotopic (exact) mass is 219 g/mol. The molecule has 0 saturated heterocycles. The van der Waals surface area contributed by atoms with E-state index in [0.717, 1.165) is 23.5 Å². The lowest BCUT2D eigenvalue weighted by molar-refractivity contribution is 0.297. The van der Waals surface area contributed by atoms with Crippen molar-refractivity contribution in [3.63, 3.8) is 0 Å². The van der Waals surface area contributed by atoms with Crippen molar-refractivity contribution in [3.8, 4) is 11.5 Å². The molecule has 0 unspecified atom stereocenters. The first-order valence-corrected chi connectivity index (χ1v) is 5.25. The second-order valence-corrected chi connectivity index (χ2v) is 3.64. The molecule has 84 valence electrons. The average molecular weight is 219 g/mol. The van der Waals surface area contributed by atoms with Gasteiger partial charge in [-0.1, -0.05) is 18.1 Å². The molecule has 1 aromatic carbocycles. The van der Waals surface area contributed by atoms with Crippen LogP contribution in [0.3, 0.4) is 0 Å². The highest BCUT2D eigenvalue weighted by atomic mass is 16.5.